The van der Waals surface area contributed by atoms with Crippen LogP contribution in [-0.4, -0.2) is 31.6 Å². The second kappa shape index (κ2) is 5.58. The van der Waals surface area contributed by atoms with Gasteiger partial charge in [0.15, 0.2) is 5.82 Å². The number of hydrogen-bond acceptors (Lipinski definition) is 5. The minimum absolute atomic E-state index is 0.246. The van der Waals surface area contributed by atoms with E-state index < -0.39 is 0 Å². The first-order valence-electron chi connectivity index (χ1n) is 7.26. The van der Waals surface area contributed by atoms with E-state index in [1.165, 1.54) is 0 Å². The predicted molar refractivity (Wildman–Crippen MR) is 89.1 cm³/mol. The van der Waals surface area contributed by atoms with Gasteiger partial charge in [-0.2, -0.15) is 10.1 Å². The SMILES string of the molecule is Cn1ccc(N=C2NC(=O)/C(=C/c3ccc4nccnc4c3)N2)n1. The molecule has 24 heavy (non-hydrogen) atoms. The summed E-state index contributed by atoms with van der Waals surface area (Å²) in [5.74, 6) is 0.622. The summed E-state index contributed by atoms with van der Waals surface area (Å²) in [6.45, 7) is 0. The van der Waals surface area contributed by atoms with Crippen molar-refractivity contribution in [3.05, 3.63) is 54.1 Å². The van der Waals surface area contributed by atoms with Crippen LogP contribution in [0.25, 0.3) is 17.1 Å². The lowest BCUT2D eigenvalue weighted by atomic mass is 10.1. The van der Waals surface area contributed by atoms with Crippen LogP contribution in [0.1, 0.15) is 5.56 Å². The molecule has 1 aliphatic rings. The quantitative estimate of drug-likeness (QED) is 0.690. The molecule has 3 aromatic rings. The largest absolute Gasteiger partial charge is 0.321 e. The molecule has 1 fully saturated rings. The number of guanidine groups is 1. The first-order chi connectivity index (χ1) is 11.7. The van der Waals surface area contributed by atoms with Gasteiger partial charge < -0.3 is 5.32 Å². The number of carbonyl (C=O) groups is 1. The predicted octanol–water partition coefficient (Wildman–Crippen LogP) is 1.11. The van der Waals surface area contributed by atoms with E-state index in [1.807, 2.05) is 18.2 Å². The van der Waals surface area contributed by atoms with Crippen LogP contribution >= 0.6 is 0 Å². The first-order valence-corrected chi connectivity index (χ1v) is 7.26. The number of fused-ring (bicyclic) bond motifs is 1. The summed E-state index contributed by atoms with van der Waals surface area (Å²) in [5, 5.41) is 9.78. The molecule has 1 aliphatic heterocycles. The normalized spacial score (nSPS) is 17.5. The molecule has 0 radical (unpaired) electrons. The molecule has 8 nitrogen and oxygen atoms in total. The van der Waals surface area contributed by atoms with Gasteiger partial charge in [0.2, 0.25) is 5.96 Å². The third kappa shape index (κ3) is 2.72. The molecule has 0 unspecified atom stereocenters. The van der Waals surface area contributed by atoms with Crippen molar-refractivity contribution in [2.75, 3.05) is 0 Å². The van der Waals surface area contributed by atoms with Crippen molar-refractivity contribution in [1.29, 1.82) is 0 Å². The van der Waals surface area contributed by atoms with E-state index in [0.717, 1.165) is 16.6 Å². The van der Waals surface area contributed by atoms with Crippen molar-refractivity contribution in [3.63, 3.8) is 0 Å². The van der Waals surface area contributed by atoms with Crippen LogP contribution in [0.5, 0.6) is 0 Å². The molecular formula is C16H13N7O. The maximum atomic E-state index is 12.1. The smallest absolute Gasteiger partial charge is 0.274 e. The van der Waals surface area contributed by atoms with Crippen LogP contribution < -0.4 is 10.6 Å². The fraction of sp³-hybridized carbons (Fsp3) is 0.0625. The summed E-state index contributed by atoms with van der Waals surface area (Å²) < 4.78 is 1.64. The molecule has 0 aliphatic carbocycles. The van der Waals surface area contributed by atoms with Crippen molar-refractivity contribution in [3.8, 4) is 0 Å². The molecule has 1 saturated heterocycles. The Hall–Kier alpha value is -3.55. The van der Waals surface area contributed by atoms with Gasteiger partial charge in [0.25, 0.3) is 5.91 Å². The lowest BCUT2D eigenvalue weighted by molar-refractivity contribution is -0.115. The van der Waals surface area contributed by atoms with Crippen LogP contribution in [-0.2, 0) is 11.8 Å². The van der Waals surface area contributed by atoms with Gasteiger partial charge in [-0.05, 0) is 23.8 Å². The van der Waals surface area contributed by atoms with E-state index in [4.69, 9.17) is 0 Å². The first kappa shape index (κ1) is 14.1. The topological polar surface area (TPSA) is 97.1 Å². The highest BCUT2D eigenvalue weighted by atomic mass is 16.2. The molecule has 0 atom stereocenters. The number of aryl methyl sites for hydroxylation is 1. The minimum atomic E-state index is -0.246. The van der Waals surface area contributed by atoms with Crippen LogP contribution in [0.15, 0.2) is 53.5 Å². The molecule has 0 bridgehead atoms. The molecule has 2 N–H and O–H groups in total. The van der Waals surface area contributed by atoms with Gasteiger partial charge in [0, 0.05) is 31.7 Å². The molecule has 0 saturated carbocycles. The molecule has 1 amide bonds. The fourth-order valence-corrected chi connectivity index (χ4v) is 2.36. The van der Waals surface area contributed by atoms with Gasteiger partial charge in [0.1, 0.15) is 5.70 Å². The Balaban J connectivity index is 1.62. The molecule has 3 heterocycles. The summed E-state index contributed by atoms with van der Waals surface area (Å²) in [5.41, 5.74) is 2.83. The van der Waals surface area contributed by atoms with Crippen molar-refractivity contribution in [2.24, 2.45) is 12.0 Å². The fourth-order valence-electron chi connectivity index (χ4n) is 2.36. The zero-order valence-corrected chi connectivity index (χ0v) is 12.8. The zero-order chi connectivity index (χ0) is 16.5. The Labute approximate surface area is 137 Å². The van der Waals surface area contributed by atoms with Gasteiger partial charge in [-0.25, -0.2) is 0 Å². The Morgan fingerprint density at radius 2 is 1.96 bits per heavy atom. The van der Waals surface area contributed by atoms with Gasteiger partial charge in [-0.15, -0.1) is 0 Å². The minimum Gasteiger partial charge on any atom is -0.321 e. The van der Waals surface area contributed by atoms with E-state index in [-0.39, 0.29) is 5.91 Å². The average molecular weight is 319 g/mol. The highest BCUT2D eigenvalue weighted by Gasteiger charge is 2.22. The maximum Gasteiger partial charge on any atom is 0.274 e. The van der Waals surface area contributed by atoms with Crippen molar-refractivity contribution in [2.45, 2.75) is 0 Å². The van der Waals surface area contributed by atoms with Crippen molar-refractivity contribution in [1.82, 2.24) is 30.4 Å². The highest BCUT2D eigenvalue weighted by molar-refractivity contribution is 6.16. The van der Waals surface area contributed by atoms with E-state index in [0.29, 0.717) is 17.5 Å². The molecule has 4 rings (SSSR count). The van der Waals surface area contributed by atoms with Crippen molar-refractivity contribution < 1.29 is 4.79 Å². The Morgan fingerprint density at radius 3 is 2.75 bits per heavy atom. The number of nitrogens with one attached hydrogen (secondary N) is 2. The molecule has 2 aromatic heterocycles. The van der Waals surface area contributed by atoms with Gasteiger partial charge in [-0.1, -0.05) is 6.07 Å². The number of benzene rings is 1. The maximum absolute atomic E-state index is 12.1. The third-order valence-electron chi connectivity index (χ3n) is 3.46. The number of rotatable bonds is 2. The summed E-state index contributed by atoms with van der Waals surface area (Å²) >= 11 is 0. The van der Waals surface area contributed by atoms with Crippen LogP contribution in [0.4, 0.5) is 5.82 Å². The lowest BCUT2D eigenvalue weighted by Crippen LogP contribution is -2.24. The van der Waals surface area contributed by atoms with Crippen LogP contribution in [0, 0.1) is 0 Å². The van der Waals surface area contributed by atoms with E-state index in [2.05, 4.69) is 30.7 Å². The van der Waals surface area contributed by atoms with E-state index >= 15 is 0 Å². The van der Waals surface area contributed by atoms with Crippen LogP contribution in [0.3, 0.4) is 0 Å². The Morgan fingerprint density at radius 1 is 1.12 bits per heavy atom. The van der Waals surface area contributed by atoms with Gasteiger partial charge in [-0.3, -0.25) is 24.8 Å². The molecule has 1 aromatic carbocycles. The Kier molecular flexibility index (Phi) is 3.27. The number of aliphatic imine (C=N–C) groups is 1. The standard InChI is InChI=1S/C16H13N7O/c1-23-7-4-14(22-23)20-16-19-13(15(24)21-16)9-10-2-3-11-12(8-10)18-6-5-17-11/h2-9H,1H3,(H2,19,20,21,22,24)/b13-9-. The summed E-state index contributed by atoms with van der Waals surface area (Å²) in [6.07, 6.45) is 6.80. The summed E-state index contributed by atoms with van der Waals surface area (Å²) in [6, 6.07) is 7.38. The highest BCUT2D eigenvalue weighted by Crippen LogP contribution is 2.15. The summed E-state index contributed by atoms with van der Waals surface area (Å²) in [4.78, 5) is 24.8. The van der Waals surface area contributed by atoms with Crippen LogP contribution in [0.2, 0.25) is 0 Å². The number of hydrogen-bond donors (Lipinski definition) is 2. The second-order valence-electron chi connectivity index (χ2n) is 5.25. The number of amides is 1. The lowest BCUT2D eigenvalue weighted by Gasteiger charge is -1.99. The molecule has 118 valence electrons. The molecule has 8 heteroatoms. The second-order valence-corrected chi connectivity index (χ2v) is 5.25. The number of nitrogens with zero attached hydrogens (tertiary/aromatic N) is 5. The molecular weight excluding hydrogens is 306 g/mol. The average Bonchev–Trinajstić information content (AvgIpc) is 3.13. The van der Waals surface area contributed by atoms with Crippen molar-refractivity contribution >= 4 is 34.8 Å². The zero-order valence-electron chi connectivity index (χ0n) is 12.8. The van der Waals surface area contributed by atoms with E-state index in [1.54, 1.807) is 42.5 Å². The third-order valence-corrected chi connectivity index (χ3v) is 3.46. The number of aromatic nitrogens is 4. The van der Waals surface area contributed by atoms with E-state index in [9.17, 15) is 4.79 Å². The van der Waals surface area contributed by atoms with Gasteiger partial charge in [0.05, 0.1) is 11.0 Å². The summed E-state index contributed by atoms with van der Waals surface area (Å²) in [7, 11) is 1.80. The number of carbonyl (C=O) groups excluding carboxylic acids is 1. The monoisotopic (exact) mass is 319 g/mol. The Bertz CT molecular complexity index is 1000. The van der Waals surface area contributed by atoms with Gasteiger partial charge >= 0.3 is 0 Å². The molecule has 0 spiro atoms.